The van der Waals surface area contributed by atoms with Crippen LogP contribution in [0, 0.1) is 0 Å². The first-order valence-corrected chi connectivity index (χ1v) is 5.88. The molecule has 0 heterocycles. The summed E-state index contributed by atoms with van der Waals surface area (Å²) in [6, 6.07) is 0.559. The summed E-state index contributed by atoms with van der Waals surface area (Å²) in [6.07, 6.45) is 3.38. The summed E-state index contributed by atoms with van der Waals surface area (Å²) in [4.78, 5) is 11.4. The zero-order chi connectivity index (χ0) is 11.8. The molecule has 1 atom stereocenters. The average Bonchev–Trinajstić information content (AvgIpc) is 3.02. The summed E-state index contributed by atoms with van der Waals surface area (Å²) in [5.74, 6) is 0.107. The Hall–Kier alpha value is -0.650. The first kappa shape index (κ1) is 13.4. The Labute approximate surface area is 96.6 Å². The molecule has 0 saturated heterocycles. The fourth-order valence-corrected chi connectivity index (χ4v) is 1.52. The molecular weight excluding hydrogens is 208 g/mol. The lowest BCUT2D eigenvalue weighted by Gasteiger charge is -2.16. The van der Waals surface area contributed by atoms with Crippen molar-refractivity contribution >= 4 is 5.91 Å². The van der Waals surface area contributed by atoms with E-state index in [1.165, 1.54) is 0 Å². The quantitative estimate of drug-likeness (QED) is 0.506. The van der Waals surface area contributed by atoms with E-state index in [0.29, 0.717) is 32.0 Å². The summed E-state index contributed by atoms with van der Waals surface area (Å²) in [6.45, 7) is 1.33. The van der Waals surface area contributed by atoms with Gasteiger partial charge in [0.05, 0.1) is 6.61 Å². The number of aliphatic hydroxyl groups is 1. The van der Waals surface area contributed by atoms with Crippen LogP contribution >= 0.6 is 0 Å². The van der Waals surface area contributed by atoms with Gasteiger partial charge in [0.25, 0.3) is 0 Å². The largest absolute Gasteiger partial charge is 0.396 e. The standard InChI is InChI=1S/C11H22N2O3/c1-16-8-10(5-7-14)12-6-4-11(15)13-9-2-3-9/h9-10,12,14H,2-8H2,1H3,(H,13,15). The first-order chi connectivity index (χ1) is 7.76. The SMILES string of the molecule is COCC(CCO)NCCC(=O)NC1CC1. The van der Waals surface area contributed by atoms with Gasteiger partial charge in [-0.15, -0.1) is 0 Å². The van der Waals surface area contributed by atoms with E-state index in [1.807, 2.05) is 0 Å². The molecule has 1 rings (SSSR count). The second-order valence-corrected chi connectivity index (χ2v) is 4.21. The minimum absolute atomic E-state index is 0.107. The molecule has 1 aliphatic carbocycles. The van der Waals surface area contributed by atoms with E-state index in [1.54, 1.807) is 7.11 Å². The zero-order valence-electron chi connectivity index (χ0n) is 9.87. The van der Waals surface area contributed by atoms with Crippen LogP contribution in [0.5, 0.6) is 0 Å². The van der Waals surface area contributed by atoms with Crippen LogP contribution in [-0.4, -0.2) is 50.0 Å². The molecule has 1 saturated carbocycles. The number of rotatable bonds is 9. The lowest BCUT2D eigenvalue weighted by molar-refractivity contribution is -0.121. The summed E-state index contributed by atoms with van der Waals surface area (Å²) in [5.41, 5.74) is 0. The van der Waals surface area contributed by atoms with Gasteiger partial charge in [-0.25, -0.2) is 0 Å². The molecule has 5 nitrogen and oxygen atoms in total. The number of ether oxygens (including phenoxy) is 1. The molecular formula is C11H22N2O3. The highest BCUT2D eigenvalue weighted by atomic mass is 16.5. The van der Waals surface area contributed by atoms with E-state index in [-0.39, 0.29) is 18.6 Å². The first-order valence-electron chi connectivity index (χ1n) is 5.88. The fourth-order valence-electron chi connectivity index (χ4n) is 1.52. The summed E-state index contributed by atoms with van der Waals surface area (Å²) in [5, 5.41) is 15.0. The number of methoxy groups -OCH3 is 1. The van der Waals surface area contributed by atoms with Gasteiger partial charge in [0.15, 0.2) is 0 Å². The van der Waals surface area contributed by atoms with Gasteiger partial charge in [-0.3, -0.25) is 4.79 Å². The van der Waals surface area contributed by atoms with Crippen molar-refractivity contribution in [3.05, 3.63) is 0 Å². The second-order valence-electron chi connectivity index (χ2n) is 4.21. The third-order valence-corrected chi connectivity index (χ3v) is 2.57. The maximum absolute atomic E-state index is 11.4. The zero-order valence-corrected chi connectivity index (χ0v) is 9.87. The van der Waals surface area contributed by atoms with Crippen molar-refractivity contribution in [1.29, 1.82) is 0 Å². The predicted octanol–water partition coefficient (Wildman–Crippen LogP) is -0.358. The molecule has 16 heavy (non-hydrogen) atoms. The van der Waals surface area contributed by atoms with Gasteiger partial charge >= 0.3 is 0 Å². The summed E-state index contributed by atoms with van der Waals surface area (Å²) < 4.78 is 5.01. The van der Waals surface area contributed by atoms with Crippen LogP contribution in [0.3, 0.4) is 0 Å². The Bertz CT molecular complexity index is 201. The molecule has 0 aliphatic heterocycles. The molecule has 0 aromatic heterocycles. The van der Waals surface area contributed by atoms with Crippen molar-refractivity contribution < 1.29 is 14.6 Å². The number of amides is 1. The smallest absolute Gasteiger partial charge is 0.221 e. The van der Waals surface area contributed by atoms with E-state index >= 15 is 0 Å². The normalized spacial score (nSPS) is 17.1. The summed E-state index contributed by atoms with van der Waals surface area (Å²) in [7, 11) is 1.63. The van der Waals surface area contributed by atoms with Gasteiger partial charge < -0.3 is 20.5 Å². The molecule has 1 aliphatic rings. The maximum Gasteiger partial charge on any atom is 0.221 e. The predicted molar refractivity (Wildman–Crippen MR) is 61.2 cm³/mol. The van der Waals surface area contributed by atoms with Gasteiger partial charge in [-0.05, 0) is 19.3 Å². The van der Waals surface area contributed by atoms with Crippen molar-refractivity contribution in [3.8, 4) is 0 Å². The molecule has 0 bridgehead atoms. The Morgan fingerprint density at radius 2 is 2.31 bits per heavy atom. The third kappa shape index (κ3) is 6.05. The van der Waals surface area contributed by atoms with E-state index in [0.717, 1.165) is 12.8 Å². The van der Waals surface area contributed by atoms with Gasteiger partial charge in [0, 0.05) is 38.8 Å². The van der Waals surface area contributed by atoms with Crippen molar-refractivity contribution in [2.75, 3.05) is 26.9 Å². The van der Waals surface area contributed by atoms with Crippen LogP contribution in [0.1, 0.15) is 25.7 Å². The lowest BCUT2D eigenvalue weighted by Crippen LogP contribution is -2.37. The fraction of sp³-hybridized carbons (Fsp3) is 0.909. The summed E-state index contributed by atoms with van der Waals surface area (Å²) >= 11 is 0. The minimum atomic E-state index is 0.107. The Kier molecular flexibility index (Phi) is 6.37. The van der Waals surface area contributed by atoms with Gasteiger partial charge in [-0.2, -0.15) is 0 Å². The van der Waals surface area contributed by atoms with Gasteiger partial charge in [0.1, 0.15) is 0 Å². The third-order valence-electron chi connectivity index (χ3n) is 2.57. The number of hydrogen-bond acceptors (Lipinski definition) is 4. The van der Waals surface area contributed by atoms with Gasteiger partial charge in [-0.1, -0.05) is 0 Å². The number of carbonyl (C=O) groups excluding carboxylic acids is 1. The highest BCUT2D eigenvalue weighted by molar-refractivity contribution is 5.76. The average molecular weight is 230 g/mol. The molecule has 0 radical (unpaired) electrons. The molecule has 0 aromatic carbocycles. The van der Waals surface area contributed by atoms with Crippen molar-refractivity contribution in [1.82, 2.24) is 10.6 Å². The van der Waals surface area contributed by atoms with Crippen LogP contribution in [0.4, 0.5) is 0 Å². The molecule has 1 unspecified atom stereocenters. The highest BCUT2D eigenvalue weighted by Crippen LogP contribution is 2.18. The number of nitrogens with one attached hydrogen (secondary N) is 2. The minimum Gasteiger partial charge on any atom is -0.396 e. The Morgan fingerprint density at radius 3 is 2.88 bits per heavy atom. The molecule has 1 fully saturated rings. The van der Waals surface area contributed by atoms with Crippen LogP contribution < -0.4 is 10.6 Å². The second kappa shape index (κ2) is 7.60. The van der Waals surface area contributed by atoms with Crippen molar-refractivity contribution in [2.45, 2.75) is 37.8 Å². The molecule has 5 heteroatoms. The van der Waals surface area contributed by atoms with Crippen molar-refractivity contribution in [3.63, 3.8) is 0 Å². The molecule has 0 aromatic rings. The lowest BCUT2D eigenvalue weighted by atomic mass is 10.2. The molecule has 3 N–H and O–H groups in total. The van der Waals surface area contributed by atoms with E-state index in [4.69, 9.17) is 9.84 Å². The molecule has 94 valence electrons. The number of hydrogen-bond donors (Lipinski definition) is 3. The van der Waals surface area contributed by atoms with E-state index in [9.17, 15) is 4.79 Å². The number of aliphatic hydroxyl groups excluding tert-OH is 1. The van der Waals surface area contributed by atoms with E-state index < -0.39 is 0 Å². The topological polar surface area (TPSA) is 70.6 Å². The van der Waals surface area contributed by atoms with Crippen LogP contribution in [0.2, 0.25) is 0 Å². The van der Waals surface area contributed by atoms with Crippen LogP contribution in [0.25, 0.3) is 0 Å². The van der Waals surface area contributed by atoms with Gasteiger partial charge in [0.2, 0.25) is 5.91 Å². The van der Waals surface area contributed by atoms with E-state index in [2.05, 4.69) is 10.6 Å². The maximum atomic E-state index is 11.4. The van der Waals surface area contributed by atoms with Crippen molar-refractivity contribution in [2.24, 2.45) is 0 Å². The molecule has 0 spiro atoms. The Balaban J connectivity index is 2.03. The highest BCUT2D eigenvalue weighted by Gasteiger charge is 2.22. The number of carbonyl (C=O) groups is 1. The van der Waals surface area contributed by atoms with Crippen LogP contribution in [0.15, 0.2) is 0 Å². The monoisotopic (exact) mass is 230 g/mol. The van der Waals surface area contributed by atoms with Crippen LogP contribution in [-0.2, 0) is 9.53 Å². The Morgan fingerprint density at radius 1 is 1.56 bits per heavy atom. The molecule has 1 amide bonds.